The number of likely N-dealkylation sites (N-methyl/N-ethyl adjacent to an activating group) is 1. The van der Waals surface area contributed by atoms with Crippen LogP contribution in [-0.2, 0) is 11.3 Å². The maximum Gasteiger partial charge on any atom is 0.251 e. The summed E-state index contributed by atoms with van der Waals surface area (Å²) in [5.41, 5.74) is 0.472. The van der Waals surface area contributed by atoms with Gasteiger partial charge in [0.15, 0.2) is 0 Å². The molecule has 6 heteroatoms. The van der Waals surface area contributed by atoms with E-state index in [1.54, 1.807) is 36.2 Å². The molecule has 0 aliphatic carbocycles. The van der Waals surface area contributed by atoms with Crippen LogP contribution < -0.4 is 5.32 Å². The lowest BCUT2D eigenvalue weighted by molar-refractivity contribution is -0.134. The largest absolute Gasteiger partial charge is 0.464 e. The van der Waals surface area contributed by atoms with Crippen LogP contribution in [0.1, 0.15) is 42.1 Å². The monoisotopic (exact) mass is 376 g/mol. The van der Waals surface area contributed by atoms with Crippen molar-refractivity contribution in [1.82, 2.24) is 10.2 Å². The number of aryl methyl sites for hydroxylation is 1. The molecule has 1 heterocycles. The SMILES string of the molecule is CCC(C)C(NC(=O)c1ccc(Cl)cc1)C(=O)N(C)Cc1ccc(C)o1. The predicted octanol–water partition coefficient (Wildman–Crippen LogP) is 4.04. The highest BCUT2D eigenvalue weighted by Crippen LogP contribution is 2.15. The first-order valence-electron chi connectivity index (χ1n) is 8.68. The summed E-state index contributed by atoms with van der Waals surface area (Å²) in [5.74, 6) is 1.08. The van der Waals surface area contributed by atoms with E-state index in [4.69, 9.17) is 16.0 Å². The normalized spacial score (nSPS) is 13.1. The van der Waals surface area contributed by atoms with Crippen molar-refractivity contribution in [3.63, 3.8) is 0 Å². The van der Waals surface area contributed by atoms with Crippen LogP contribution >= 0.6 is 11.6 Å². The number of nitrogens with zero attached hydrogens (tertiary/aromatic N) is 1. The molecule has 0 aliphatic rings. The van der Waals surface area contributed by atoms with Gasteiger partial charge in [0.1, 0.15) is 17.6 Å². The molecule has 0 radical (unpaired) electrons. The summed E-state index contributed by atoms with van der Waals surface area (Å²) in [7, 11) is 1.71. The van der Waals surface area contributed by atoms with Crippen LogP contribution in [0, 0.1) is 12.8 Å². The van der Waals surface area contributed by atoms with Crippen molar-refractivity contribution in [1.29, 1.82) is 0 Å². The number of hydrogen-bond acceptors (Lipinski definition) is 3. The highest BCUT2D eigenvalue weighted by molar-refractivity contribution is 6.30. The first-order chi connectivity index (χ1) is 12.3. The minimum atomic E-state index is -0.607. The van der Waals surface area contributed by atoms with E-state index in [9.17, 15) is 9.59 Å². The van der Waals surface area contributed by atoms with Gasteiger partial charge in [-0.1, -0.05) is 31.9 Å². The second-order valence-electron chi connectivity index (χ2n) is 6.55. The van der Waals surface area contributed by atoms with Crippen molar-refractivity contribution in [2.24, 2.45) is 5.92 Å². The molecule has 0 aliphatic heterocycles. The Morgan fingerprint density at radius 1 is 1.19 bits per heavy atom. The van der Waals surface area contributed by atoms with Crippen molar-refractivity contribution in [3.05, 3.63) is 58.5 Å². The van der Waals surface area contributed by atoms with Gasteiger partial charge in [-0.25, -0.2) is 0 Å². The fraction of sp³-hybridized carbons (Fsp3) is 0.400. The molecule has 0 saturated carbocycles. The Morgan fingerprint density at radius 3 is 2.38 bits per heavy atom. The Kier molecular flexibility index (Phi) is 6.86. The molecule has 5 nitrogen and oxygen atoms in total. The molecule has 2 unspecified atom stereocenters. The number of amides is 2. The Bertz CT molecular complexity index is 755. The summed E-state index contributed by atoms with van der Waals surface area (Å²) in [6.45, 7) is 6.17. The summed E-state index contributed by atoms with van der Waals surface area (Å²) >= 11 is 5.86. The van der Waals surface area contributed by atoms with Gasteiger partial charge in [0, 0.05) is 17.6 Å². The summed E-state index contributed by atoms with van der Waals surface area (Å²) in [5, 5.41) is 3.43. The number of carbonyl (C=O) groups excluding carboxylic acids is 2. The molecule has 26 heavy (non-hydrogen) atoms. The third kappa shape index (κ3) is 5.11. The number of carbonyl (C=O) groups is 2. The van der Waals surface area contributed by atoms with Gasteiger partial charge < -0.3 is 14.6 Å². The molecular formula is C20H25ClN2O3. The Balaban J connectivity index is 2.11. The molecule has 140 valence electrons. The van der Waals surface area contributed by atoms with Crippen molar-refractivity contribution in [2.45, 2.75) is 39.8 Å². The maximum atomic E-state index is 12.9. The molecule has 0 saturated heterocycles. The Hall–Kier alpha value is -2.27. The lowest BCUT2D eigenvalue weighted by atomic mass is 9.97. The molecule has 2 rings (SSSR count). The highest BCUT2D eigenvalue weighted by Gasteiger charge is 2.29. The zero-order chi connectivity index (χ0) is 19.3. The second-order valence-corrected chi connectivity index (χ2v) is 6.99. The van der Waals surface area contributed by atoms with Crippen LogP contribution in [0.4, 0.5) is 0 Å². The molecule has 2 atom stereocenters. The molecule has 2 amide bonds. The quantitative estimate of drug-likeness (QED) is 0.793. The Labute approximate surface area is 159 Å². The fourth-order valence-electron chi connectivity index (χ4n) is 2.63. The van der Waals surface area contributed by atoms with E-state index >= 15 is 0 Å². The maximum absolute atomic E-state index is 12.9. The summed E-state index contributed by atoms with van der Waals surface area (Å²) in [6, 6.07) is 9.70. The Morgan fingerprint density at radius 2 is 1.85 bits per heavy atom. The lowest BCUT2D eigenvalue weighted by Gasteiger charge is -2.28. The minimum absolute atomic E-state index is 0.000428. The molecule has 0 spiro atoms. The van der Waals surface area contributed by atoms with E-state index in [0.717, 1.165) is 12.2 Å². The summed E-state index contributed by atoms with van der Waals surface area (Å²) in [6.07, 6.45) is 0.769. The molecule has 1 N–H and O–H groups in total. The average molecular weight is 377 g/mol. The van der Waals surface area contributed by atoms with E-state index < -0.39 is 6.04 Å². The standard InChI is InChI=1S/C20H25ClN2O3/c1-5-13(2)18(22-19(24)15-7-9-16(21)10-8-15)20(25)23(4)12-17-11-6-14(3)26-17/h6-11,13,18H,5,12H2,1-4H3,(H,22,24). The van der Waals surface area contributed by atoms with E-state index in [2.05, 4.69) is 5.32 Å². The van der Waals surface area contributed by atoms with Crippen LogP contribution in [0.15, 0.2) is 40.8 Å². The van der Waals surface area contributed by atoms with Crippen LogP contribution in [0.3, 0.4) is 0 Å². The van der Waals surface area contributed by atoms with Gasteiger partial charge in [-0.05, 0) is 49.2 Å². The van der Waals surface area contributed by atoms with E-state index in [-0.39, 0.29) is 17.7 Å². The van der Waals surface area contributed by atoms with Crippen LogP contribution in [0.2, 0.25) is 5.02 Å². The van der Waals surface area contributed by atoms with Gasteiger partial charge in [0.25, 0.3) is 5.91 Å². The third-order valence-electron chi connectivity index (χ3n) is 4.44. The zero-order valence-corrected chi connectivity index (χ0v) is 16.3. The van der Waals surface area contributed by atoms with Crippen molar-refractivity contribution >= 4 is 23.4 Å². The molecule has 2 aromatic rings. The van der Waals surface area contributed by atoms with Crippen molar-refractivity contribution in [2.75, 3.05) is 7.05 Å². The second kappa shape index (κ2) is 8.90. The van der Waals surface area contributed by atoms with Gasteiger partial charge in [-0.2, -0.15) is 0 Å². The number of furan rings is 1. The van der Waals surface area contributed by atoms with Gasteiger partial charge >= 0.3 is 0 Å². The molecule has 0 bridgehead atoms. The van der Waals surface area contributed by atoms with Crippen LogP contribution in [-0.4, -0.2) is 29.8 Å². The highest BCUT2D eigenvalue weighted by atomic mass is 35.5. The molecule has 0 fully saturated rings. The van der Waals surface area contributed by atoms with Gasteiger partial charge in [0.05, 0.1) is 6.54 Å². The van der Waals surface area contributed by atoms with Crippen LogP contribution in [0.5, 0.6) is 0 Å². The number of nitrogens with one attached hydrogen (secondary N) is 1. The van der Waals surface area contributed by atoms with Gasteiger partial charge in [-0.3, -0.25) is 9.59 Å². The number of hydrogen-bond donors (Lipinski definition) is 1. The smallest absolute Gasteiger partial charge is 0.251 e. The first-order valence-corrected chi connectivity index (χ1v) is 9.06. The molecule has 1 aromatic carbocycles. The molecular weight excluding hydrogens is 352 g/mol. The fourth-order valence-corrected chi connectivity index (χ4v) is 2.75. The number of halogens is 1. The lowest BCUT2D eigenvalue weighted by Crippen LogP contribution is -2.50. The van der Waals surface area contributed by atoms with E-state index in [0.29, 0.717) is 22.9 Å². The van der Waals surface area contributed by atoms with Gasteiger partial charge in [0.2, 0.25) is 5.91 Å². The average Bonchev–Trinajstić information content (AvgIpc) is 3.03. The van der Waals surface area contributed by atoms with E-state index in [1.807, 2.05) is 32.9 Å². The zero-order valence-electron chi connectivity index (χ0n) is 15.6. The van der Waals surface area contributed by atoms with Crippen molar-refractivity contribution in [3.8, 4) is 0 Å². The summed E-state index contributed by atoms with van der Waals surface area (Å²) < 4.78 is 5.54. The van der Waals surface area contributed by atoms with Crippen LogP contribution in [0.25, 0.3) is 0 Å². The molecule has 1 aromatic heterocycles. The first kappa shape index (κ1) is 20.0. The van der Waals surface area contributed by atoms with E-state index in [1.165, 1.54) is 0 Å². The topological polar surface area (TPSA) is 62.6 Å². The number of rotatable bonds is 7. The number of benzene rings is 1. The summed E-state index contributed by atoms with van der Waals surface area (Å²) in [4.78, 5) is 27.0. The minimum Gasteiger partial charge on any atom is -0.464 e. The predicted molar refractivity (Wildman–Crippen MR) is 102 cm³/mol. The van der Waals surface area contributed by atoms with Crippen molar-refractivity contribution < 1.29 is 14.0 Å². The van der Waals surface area contributed by atoms with Gasteiger partial charge in [-0.15, -0.1) is 0 Å². The third-order valence-corrected chi connectivity index (χ3v) is 4.69.